The Morgan fingerprint density at radius 3 is 2.42 bits per heavy atom. The molecule has 2 rings (SSSR count). The number of nitrogens with zero attached hydrogens (tertiary/aromatic N) is 2. The standard InChI is InChI=1S/C15H25N3O/c1-11(2)15(7-6-8-15)17-13(19)12-9-16-18(10-12)14(3,4)5/h9-11H,6-8H2,1-5H3,(H,17,19). The Kier molecular flexibility index (Phi) is 3.45. The van der Waals surface area contributed by atoms with Crippen LogP contribution in [0.5, 0.6) is 0 Å². The molecule has 4 nitrogen and oxygen atoms in total. The summed E-state index contributed by atoms with van der Waals surface area (Å²) in [6.07, 6.45) is 6.88. The molecule has 1 N–H and O–H groups in total. The molecule has 0 spiro atoms. The van der Waals surface area contributed by atoms with Gasteiger partial charge in [-0.05, 0) is 46.0 Å². The van der Waals surface area contributed by atoms with Crippen molar-refractivity contribution in [1.82, 2.24) is 15.1 Å². The number of carbonyl (C=O) groups is 1. The molecule has 1 aliphatic rings. The van der Waals surface area contributed by atoms with Gasteiger partial charge in [-0.15, -0.1) is 0 Å². The summed E-state index contributed by atoms with van der Waals surface area (Å²) in [7, 11) is 0. The Morgan fingerprint density at radius 1 is 1.42 bits per heavy atom. The molecule has 0 bridgehead atoms. The lowest BCUT2D eigenvalue weighted by Gasteiger charge is -2.46. The van der Waals surface area contributed by atoms with E-state index in [-0.39, 0.29) is 17.0 Å². The van der Waals surface area contributed by atoms with E-state index in [0.29, 0.717) is 11.5 Å². The molecule has 1 fully saturated rings. The quantitative estimate of drug-likeness (QED) is 0.911. The van der Waals surface area contributed by atoms with Crippen LogP contribution in [-0.2, 0) is 5.54 Å². The third-order valence-electron chi connectivity index (χ3n) is 4.25. The van der Waals surface area contributed by atoms with E-state index >= 15 is 0 Å². The van der Waals surface area contributed by atoms with Crippen LogP contribution in [0.25, 0.3) is 0 Å². The van der Waals surface area contributed by atoms with E-state index in [9.17, 15) is 4.79 Å². The van der Waals surface area contributed by atoms with E-state index in [1.165, 1.54) is 6.42 Å². The van der Waals surface area contributed by atoms with Gasteiger partial charge in [0.15, 0.2) is 0 Å². The SMILES string of the molecule is CC(C)C1(NC(=O)c2cnn(C(C)(C)C)c2)CCC1. The van der Waals surface area contributed by atoms with Gasteiger partial charge >= 0.3 is 0 Å². The lowest BCUT2D eigenvalue weighted by atomic mass is 9.69. The van der Waals surface area contributed by atoms with Crippen molar-refractivity contribution in [3.8, 4) is 0 Å². The summed E-state index contributed by atoms with van der Waals surface area (Å²) in [4.78, 5) is 12.3. The van der Waals surface area contributed by atoms with Gasteiger partial charge in [0.05, 0.1) is 17.3 Å². The molecule has 0 atom stereocenters. The van der Waals surface area contributed by atoms with E-state index in [1.807, 2.05) is 10.9 Å². The lowest BCUT2D eigenvalue weighted by Crippen LogP contribution is -2.57. The molecule has 0 saturated heterocycles. The monoisotopic (exact) mass is 263 g/mol. The number of amides is 1. The van der Waals surface area contributed by atoms with Crippen molar-refractivity contribution in [1.29, 1.82) is 0 Å². The predicted octanol–water partition coefficient (Wildman–Crippen LogP) is 2.95. The summed E-state index contributed by atoms with van der Waals surface area (Å²) in [6.45, 7) is 10.6. The lowest BCUT2D eigenvalue weighted by molar-refractivity contribution is 0.0727. The van der Waals surface area contributed by atoms with E-state index in [1.54, 1.807) is 6.20 Å². The van der Waals surface area contributed by atoms with Crippen molar-refractivity contribution in [3.63, 3.8) is 0 Å². The van der Waals surface area contributed by atoms with Crippen LogP contribution in [-0.4, -0.2) is 21.2 Å². The molecule has 4 heteroatoms. The smallest absolute Gasteiger partial charge is 0.254 e. The maximum atomic E-state index is 12.3. The fraction of sp³-hybridized carbons (Fsp3) is 0.733. The number of hydrogen-bond donors (Lipinski definition) is 1. The minimum absolute atomic E-state index is 0.000909. The first-order valence-electron chi connectivity index (χ1n) is 7.12. The highest BCUT2D eigenvalue weighted by molar-refractivity contribution is 5.94. The van der Waals surface area contributed by atoms with Crippen LogP contribution in [0, 0.1) is 5.92 Å². The fourth-order valence-corrected chi connectivity index (χ4v) is 2.51. The highest BCUT2D eigenvalue weighted by atomic mass is 16.1. The summed E-state index contributed by atoms with van der Waals surface area (Å²) in [6, 6.07) is 0. The van der Waals surface area contributed by atoms with Gasteiger partial charge in [-0.3, -0.25) is 9.48 Å². The van der Waals surface area contributed by atoms with Crippen LogP contribution in [0.2, 0.25) is 0 Å². The molecule has 0 aliphatic heterocycles. The number of rotatable bonds is 3. The van der Waals surface area contributed by atoms with Crippen molar-refractivity contribution >= 4 is 5.91 Å². The normalized spacial score (nSPS) is 18.2. The molecule has 1 saturated carbocycles. The van der Waals surface area contributed by atoms with Crippen LogP contribution < -0.4 is 5.32 Å². The average molecular weight is 263 g/mol. The molecule has 1 amide bonds. The van der Waals surface area contributed by atoms with Crippen LogP contribution in [0.15, 0.2) is 12.4 Å². The zero-order chi connectivity index (χ0) is 14.3. The van der Waals surface area contributed by atoms with Gasteiger partial charge in [0, 0.05) is 11.7 Å². The molecule has 106 valence electrons. The summed E-state index contributed by atoms with van der Waals surface area (Å²) in [5.41, 5.74) is 0.563. The summed E-state index contributed by atoms with van der Waals surface area (Å²) in [5.74, 6) is 0.478. The summed E-state index contributed by atoms with van der Waals surface area (Å²) < 4.78 is 1.84. The molecule has 1 aliphatic carbocycles. The van der Waals surface area contributed by atoms with Gasteiger partial charge in [-0.25, -0.2) is 0 Å². The van der Waals surface area contributed by atoms with Crippen LogP contribution >= 0.6 is 0 Å². The second-order valence-corrected chi connectivity index (χ2v) is 6.96. The molecule has 1 heterocycles. The summed E-state index contributed by atoms with van der Waals surface area (Å²) >= 11 is 0. The van der Waals surface area contributed by atoms with E-state index in [2.05, 4.69) is 45.0 Å². The maximum Gasteiger partial charge on any atom is 0.254 e. The molecule has 0 radical (unpaired) electrons. The predicted molar refractivity (Wildman–Crippen MR) is 76.1 cm³/mol. The fourth-order valence-electron chi connectivity index (χ4n) is 2.51. The Bertz CT molecular complexity index is 464. The second kappa shape index (κ2) is 4.66. The van der Waals surface area contributed by atoms with Gasteiger partial charge in [0.2, 0.25) is 0 Å². The first-order valence-corrected chi connectivity index (χ1v) is 7.12. The van der Waals surface area contributed by atoms with Gasteiger partial charge in [0.25, 0.3) is 5.91 Å². The Labute approximate surface area is 115 Å². The molecule has 0 aromatic carbocycles. The molecular weight excluding hydrogens is 238 g/mol. The zero-order valence-corrected chi connectivity index (χ0v) is 12.7. The number of carbonyl (C=O) groups excluding carboxylic acids is 1. The van der Waals surface area contributed by atoms with Crippen molar-refractivity contribution in [2.24, 2.45) is 5.92 Å². The Morgan fingerprint density at radius 2 is 2.05 bits per heavy atom. The zero-order valence-electron chi connectivity index (χ0n) is 12.7. The first kappa shape index (κ1) is 14.1. The van der Waals surface area contributed by atoms with Crippen LogP contribution in [0.4, 0.5) is 0 Å². The highest BCUT2D eigenvalue weighted by Crippen LogP contribution is 2.38. The van der Waals surface area contributed by atoms with Crippen molar-refractivity contribution < 1.29 is 4.79 Å². The van der Waals surface area contributed by atoms with Gasteiger partial charge in [-0.1, -0.05) is 13.8 Å². The molecular formula is C15H25N3O. The van der Waals surface area contributed by atoms with Gasteiger partial charge < -0.3 is 5.32 Å². The number of nitrogens with one attached hydrogen (secondary N) is 1. The Hall–Kier alpha value is -1.32. The van der Waals surface area contributed by atoms with Crippen LogP contribution in [0.3, 0.4) is 0 Å². The van der Waals surface area contributed by atoms with E-state index in [4.69, 9.17) is 0 Å². The minimum Gasteiger partial charge on any atom is -0.346 e. The third-order valence-corrected chi connectivity index (χ3v) is 4.25. The third kappa shape index (κ3) is 2.67. The van der Waals surface area contributed by atoms with Gasteiger partial charge in [0.1, 0.15) is 0 Å². The number of aromatic nitrogens is 2. The van der Waals surface area contributed by atoms with Crippen molar-refractivity contribution in [2.75, 3.05) is 0 Å². The van der Waals surface area contributed by atoms with Crippen molar-refractivity contribution in [3.05, 3.63) is 18.0 Å². The summed E-state index contributed by atoms with van der Waals surface area (Å²) in [5, 5.41) is 7.50. The van der Waals surface area contributed by atoms with Crippen LogP contribution in [0.1, 0.15) is 64.2 Å². The maximum absolute atomic E-state index is 12.3. The van der Waals surface area contributed by atoms with E-state index in [0.717, 1.165) is 12.8 Å². The second-order valence-electron chi connectivity index (χ2n) is 6.96. The molecule has 1 aromatic rings. The molecule has 1 aromatic heterocycles. The first-order chi connectivity index (χ1) is 8.74. The Balaban J connectivity index is 2.10. The highest BCUT2D eigenvalue weighted by Gasteiger charge is 2.41. The molecule has 19 heavy (non-hydrogen) atoms. The van der Waals surface area contributed by atoms with Crippen molar-refractivity contribution in [2.45, 2.75) is 65.0 Å². The van der Waals surface area contributed by atoms with Gasteiger partial charge in [-0.2, -0.15) is 5.10 Å². The molecule has 0 unspecified atom stereocenters. The largest absolute Gasteiger partial charge is 0.346 e. The van der Waals surface area contributed by atoms with E-state index < -0.39 is 0 Å². The topological polar surface area (TPSA) is 46.9 Å². The average Bonchev–Trinajstić information content (AvgIpc) is 2.70. The number of hydrogen-bond acceptors (Lipinski definition) is 2. The minimum atomic E-state index is -0.0925.